The molecule has 0 saturated heterocycles. The van der Waals surface area contributed by atoms with Crippen molar-refractivity contribution in [3.05, 3.63) is 0 Å². The molecule has 1 aliphatic carbocycles. The second kappa shape index (κ2) is 8.97. The van der Waals surface area contributed by atoms with Gasteiger partial charge in [-0.15, -0.1) is 0 Å². The van der Waals surface area contributed by atoms with E-state index < -0.39 is 10.0 Å². The van der Waals surface area contributed by atoms with E-state index in [0.29, 0.717) is 6.04 Å². The van der Waals surface area contributed by atoms with Crippen molar-refractivity contribution in [1.29, 1.82) is 0 Å². The zero-order valence-corrected chi connectivity index (χ0v) is 14.0. The number of rotatable bonds is 12. The van der Waals surface area contributed by atoms with Gasteiger partial charge in [0, 0.05) is 18.6 Å². The lowest BCUT2D eigenvalue weighted by molar-refractivity contribution is 0.282. The van der Waals surface area contributed by atoms with Crippen LogP contribution in [0.15, 0.2) is 0 Å². The monoisotopic (exact) mass is 305 g/mol. The minimum absolute atomic E-state index is 0.0236. The van der Waals surface area contributed by atoms with Gasteiger partial charge < -0.3 is 10.2 Å². The summed E-state index contributed by atoms with van der Waals surface area (Å²) in [5.41, 5.74) is 0. The average molecular weight is 305 g/mol. The van der Waals surface area contributed by atoms with E-state index in [0.717, 1.165) is 39.0 Å². The molecule has 1 atom stereocenters. The number of unbranched alkanes of at least 4 members (excludes halogenated alkanes) is 1. The first kappa shape index (κ1) is 17.9. The van der Waals surface area contributed by atoms with Crippen LogP contribution in [0.1, 0.15) is 46.5 Å². The highest BCUT2D eigenvalue weighted by Crippen LogP contribution is 2.18. The standard InChI is InChI=1S/C14H31N3O2S/c1-4-17(5-2)12-13(3)16-20(18,19)11-7-6-10-15-14-8-9-14/h13-16H,4-12H2,1-3H3. The maximum absolute atomic E-state index is 12.0. The predicted octanol–water partition coefficient (Wildman–Crippen LogP) is 1.17. The zero-order valence-electron chi connectivity index (χ0n) is 13.2. The first-order valence-corrected chi connectivity index (χ1v) is 9.57. The number of nitrogens with zero attached hydrogens (tertiary/aromatic N) is 1. The second-order valence-electron chi connectivity index (χ2n) is 5.76. The lowest BCUT2D eigenvalue weighted by Gasteiger charge is -2.23. The summed E-state index contributed by atoms with van der Waals surface area (Å²) in [6.07, 6.45) is 4.22. The molecule has 5 nitrogen and oxygen atoms in total. The van der Waals surface area contributed by atoms with Gasteiger partial charge in [-0.2, -0.15) is 0 Å². The van der Waals surface area contributed by atoms with Crippen LogP contribution in [-0.4, -0.2) is 57.3 Å². The van der Waals surface area contributed by atoms with Crippen LogP contribution in [0, 0.1) is 0 Å². The van der Waals surface area contributed by atoms with Gasteiger partial charge in [-0.3, -0.25) is 0 Å². The van der Waals surface area contributed by atoms with Crippen LogP contribution >= 0.6 is 0 Å². The largest absolute Gasteiger partial charge is 0.314 e. The molecule has 0 spiro atoms. The number of hydrogen-bond acceptors (Lipinski definition) is 4. The van der Waals surface area contributed by atoms with Crippen molar-refractivity contribution in [3.8, 4) is 0 Å². The molecular weight excluding hydrogens is 274 g/mol. The normalized spacial score (nSPS) is 17.6. The summed E-state index contributed by atoms with van der Waals surface area (Å²) >= 11 is 0. The molecule has 0 aromatic carbocycles. The van der Waals surface area contributed by atoms with Crippen LogP contribution in [0.5, 0.6) is 0 Å². The number of likely N-dealkylation sites (N-methyl/N-ethyl adjacent to an activating group) is 1. The molecule has 0 aliphatic heterocycles. The summed E-state index contributed by atoms with van der Waals surface area (Å²) in [5, 5.41) is 3.40. The van der Waals surface area contributed by atoms with E-state index in [2.05, 4.69) is 28.8 Å². The van der Waals surface area contributed by atoms with Crippen molar-refractivity contribution in [2.45, 2.75) is 58.5 Å². The van der Waals surface area contributed by atoms with Crippen molar-refractivity contribution in [1.82, 2.24) is 14.9 Å². The minimum atomic E-state index is -3.13. The second-order valence-corrected chi connectivity index (χ2v) is 7.63. The lowest BCUT2D eigenvalue weighted by atomic mass is 10.3. The molecule has 20 heavy (non-hydrogen) atoms. The Morgan fingerprint density at radius 2 is 1.85 bits per heavy atom. The van der Waals surface area contributed by atoms with Crippen molar-refractivity contribution in [2.24, 2.45) is 0 Å². The molecular formula is C14H31N3O2S. The number of sulfonamides is 1. The molecule has 120 valence electrons. The van der Waals surface area contributed by atoms with Crippen LogP contribution < -0.4 is 10.0 Å². The first-order valence-electron chi connectivity index (χ1n) is 7.92. The van der Waals surface area contributed by atoms with E-state index in [4.69, 9.17) is 0 Å². The van der Waals surface area contributed by atoms with E-state index in [-0.39, 0.29) is 11.8 Å². The number of nitrogens with one attached hydrogen (secondary N) is 2. The topological polar surface area (TPSA) is 61.4 Å². The molecule has 0 heterocycles. The summed E-state index contributed by atoms with van der Waals surface area (Å²) in [5.74, 6) is 0.238. The molecule has 0 amide bonds. The molecule has 1 aliphatic rings. The fourth-order valence-electron chi connectivity index (χ4n) is 2.28. The maximum atomic E-state index is 12.0. The van der Waals surface area contributed by atoms with Gasteiger partial charge in [0.25, 0.3) is 0 Å². The Morgan fingerprint density at radius 1 is 1.20 bits per heavy atom. The van der Waals surface area contributed by atoms with Gasteiger partial charge in [0.1, 0.15) is 0 Å². The maximum Gasteiger partial charge on any atom is 0.211 e. The molecule has 0 bridgehead atoms. The molecule has 1 saturated carbocycles. The molecule has 0 aromatic rings. The lowest BCUT2D eigenvalue weighted by Crippen LogP contribution is -2.42. The fourth-order valence-corrected chi connectivity index (χ4v) is 3.67. The van der Waals surface area contributed by atoms with E-state index in [1.807, 2.05) is 6.92 Å². The predicted molar refractivity (Wildman–Crippen MR) is 84.4 cm³/mol. The highest BCUT2D eigenvalue weighted by atomic mass is 32.2. The Kier molecular flexibility index (Phi) is 8.02. The van der Waals surface area contributed by atoms with Crippen molar-refractivity contribution in [3.63, 3.8) is 0 Å². The summed E-state index contributed by atoms with van der Waals surface area (Å²) < 4.78 is 26.7. The average Bonchev–Trinajstić information content (AvgIpc) is 3.18. The van der Waals surface area contributed by atoms with Crippen LogP contribution in [0.25, 0.3) is 0 Å². The summed E-state index contributed by atoms with van der Waals surface area (Å²) in [7, 11) is -3.13. The zero-order chi connectivity index (χ0) is 15.0. The van der Waals surface area contributed by atoms with Gasteiger partial charge in [-0.25, -0.2) is 13.1 Å². The van der Waals surface area contributed by atoms with Gasteiger partial charge in [0.05, 0.1) is 5.75 Å². The summed E-state index contributed by atoms with van der Waals surface area (Å²) in [6.45, 7) is 9.75. The SMILES string of the molecule is CCN(CC)CC(C)NS(=O)(=O)CCCCNC1CC1. The molecule has 0 radical (unpaired) electrons. The Balaban J connectivity index is 2.14. The molecule has 0 aromatic heterocycles. The third kappa shape index (κ3) is 8.19. The van der Waals surface area contributed by atoms with Gasteiger partial charge in [0.2, 0.25) is 10.0 Å². The Labute approximate surface area is 124 Å². The molecule has 6 heteroatoms. The fraction of sp³-hybridized carbons (Fsp3) is 1.00. The van der Waals surface area contributed by atoms with Crippen LogP contribution in [0.2, 0.25) is 0 Å². The summed E-state index contributed by atoms with van der Waals surface area (Å²) in [4.78, 5) is 2.23. The van der Waals surface area contributed by atoms with Crippen molar-refractivity contribution < 1.29 is 8.42 Å². The highest BCUT2D eigenvalue weighted by Gasteiger charge is 2.20. The van der Waals surface area contributed by atoms with Crippen LogP contribution in [0.3, 0.4) is 0 Å². The van der Waals surface area contributed by atoms with Gasteiger partial charge in [-0.1, -0.05) is 13.8 Å². The Bertz CT molecular complexity index is 351. The minimum Gasteiger partial charge on any atom is -0.314 e. The Hall–Kier alpha value is -0.170. The van der Waals surface area contributed by atoms with Crippen molar-refractivity contribution >= 4 is 10.0 Å². The first-order chi connectivity index (χ1) is 9.46. The quantitative estimate of drug-likeness (QED) is 0.531. The van der Waals surface area contributed by atoms with Crippen LogP contribution in [-0.2, 0) is 10.0 Å². The molecule has 2 N–H and O–H groups in total. The van der Waals surface area contributed by atoms with Gasteiger partial charge in [-0.05, 0) is 52.2 Å². The van der Waals surface area contributed by atoms with E-state index in [9.17, 15) is 8.42 Å². The van der Waals surface area contributed by atoms with Gasteiger partial charge in [0.15, 0.2) is 0 Å². The molecule has 1 unspecified atom stereocenters. The molecule has 1 rings (SSSR count). The van der Waals surface area contributed by atoms with Crippen molar-refractivity contribution in [2.75, 3.05) is 31.9 Å². The smallest absolute Gasteiger partial charge is 0.211 e. The van der Waals surface area contributed by atoms with Crippen LogP contribution in [0.4, 0.5) is 0 Å². The highest BCUT2D eigenvalue weighted by molar-refractivity contribution is 7.89. The third-order valence-electron chi connectivity index (χ3n) is 3.66. The van der Waals surface area contributed by atoms with E-state index >= 15 is 0 Å². The van der Waals surface area contributed by atoms with Gasteiger partial charge >= 0.3 is 0 Å². The summed E-state index contributed by atoms with van der Waals surface area (Å²) in [6, 6.07) is 0.684. The third-order valence-corrected chi connectivity index (χ3v) is 5.25. The van der Waals surface area contributed by atoms with E-state index in [1.165, 1.54) is 12.8 Å². The Morgan fingerprint density at radius 3 is 2.40 bits per heavy atom. The number of hydrogen-bond donors (Lipinski definition) is 2. The van der Waals surface area contributed by atoms with E-state index in [1.54, 1.807) is 0 Å². The molecule has 1 fully saturated rings.